The number of carbonyl (C=O) groups is 1. The number of rotatable bonds is 5. The minimum absolute atomic E-state index is 0.331. The van der Waals surface area contributed by atoms with Gasteiger partial charge in [-0.05, 0) is 38.6 Å². The van der Waals surface area contributed by atoms with Crippen LogP contribution in [0.4, 0.5) is 0 Å². The number of ether oxygens (including phenoxy) is 1. The Morgan fingerprint density at radius 2 is 2.25 bits per heavy atom. The molecule has 2 rings (SSSR count). The summed E-state index contributed by atoms with van der Waals surface area (Å²) in [5.74, 6) is -0.295. The third kappa shape index (κ3) is 2.74. The van der Waals surface area contributed by atoms with Gasteiger partial charge in [-0.25, -0.2) is 0 Å². The molecule has 1 unspecified atom stereocenters. The first-order chi connectivity index (χ1) is 7.69. The predicted molar refractivity (Wildman–Crippen MR) is 60.4 cm³/mol. The summed E-state index contributed by atoms with van der Waals surface area (Å²) >= 11 is 0. The molecule has 4 heteroatoms. The lowest BCUT2D eigenvalue weighted by Crippen LogP contribution is -2.47. The Kier molecular flexibility index (Phi) is 3.82. The average Bonchev–Trinajstić information content (AvgIpc) is 2.57. The summed E-state index contributed by atoms with van der Waals surface area (Å²) in [6.07, 6.45) is 4.09. The number of carboxylic acids is 1. The van der Waals surface area contributed by atoms with Crippen LogP contribution in [0.5, 0.6) is 0 Å². The third-order valence-corrected chi connectivity index (χ3v) is 3.77. The van der Waals surface area contributed by atoms with E-state index in [0.717, 1.165) is 39.0 Å². The van der Waals surface area contributed by atoms with Gasteiger partial charge in [-0.2, -0.15) is 0 Å². The quantitative estimate of drug-likeness (QED) is 0.770. The molecule has 0 aromatic carbocycles. The first-order valence-electron chi connectivity index (χ1n) is 6.26. The van der Waals surface area contributed by atoms with E-state index in [1.54, 1.807) is 0 Å². The zero-order chi connectivity index (χ0) is 11.5. The number of aliphatic carboxylic acids is 1. The number of likely N-dealkylation sites (tertiary alicyclic amines) is 1. The summed E-state index contributed by atoms with van der Waals surface area (Å²) in [6, 6.07) is 0.648. The van der Waals surface area contributed by atoms with Crippen LogP contribution in [0.25, 0.3) is 0 Å². The number of hydrogen-bond donors (Lipinski definition) is 1. The maximum Gasteiger partial charge on any atom is 0.303 e. The highest BCUT2D eigenvalue weighted by Gasteiger charge is 2.37. The molecule has 1 heterocycles. The van der Waals surface area contributed by atoms with E-state index in [-0.39, 0.29) is 0 Å². The first kappa shape index (κ1) is 11.9. The zero-order valence-electron chi connectivity index (χ0n) is 9.89. The van der Waals surface area contributed by atoms with Crippen molar-refractivity contribution in [1.82, 2.24) is 4.90 Å². The van der Waals surface area contributed by atoms with E-state index in [1.165, 1.54) is 0 Å². The maximum atomic E-state index is 10.6. The second kappa shape index (κ2) is 5.15. The largest absolute Gasteiger partial charge is 0.481 e. The van der Waals surface area contributed by atoms with Crippen molar-refractivity contribution in [3.05, 3.63) is 0 Å². The van der Waals surface area contributed by atoms with Gasteiger partial charge in [-0.15, -0.1) is 0 Å². The Balaban J connectivity index is 1.68. The van der Waals surface area contributed by atoms with E-state index >= 15 is 0 Å². The Morgan fingerprint density at radius 3 is 2.88 bits per heavy atom. The Labute approximate surface area is 96.6 Å². The van der Waals surface area contributed by atoms with Gasteiger partial charge in [-0.1, -0.05) is 0 Å². The molecule has 1 aliphatic carbocycles. The fourth-order valence-electron chi connectivity index (χ4n) is 2.82. The highest BCUT2D eigenvalue weighted by Crippen LogP contribution is 2.32. The van der Waals surface area contributed by atoms with Crippen LogP contribution in [-0.2, 0) is 9.53 Å². The van der Waals surface area contributed by atoms with Crippen LogP contribution in [0.2, 0.25) is 0 Å². The molecule has 16 heavy (non-hydrogen) atoms. The van der Waals surface area contributed by atoms with E-state index in [2.05, 4.69) is 4.90 Å². The van der Waals surface area contributed by atoms with E-state index in [0.29, 0.717) is 24.5 Å². The van der Waals surface area contributed by atoms with E-state index < -0.39 is 5.97 Å². The molecule has 1 aliphatic heterocycles. The highest BCUT2D eigenvalue weighted by atomic mass is 16.5. The molecule has 1 saturated carbocycles. The van der Waals surface area contributed by atoms with Crippen molar-refractivity contribution < 1.29 is 14.6 Å². The fourth-order valence-corrected chi connectivity index (χ4v) is 2.82. The van der Waals surface area contributed by atoms with Gasteiger partial charge in [0.1, 0.15) is 0 Å². The summed E-state index contributed by atoms with van der Waals surface area (Å²) in [6.45, 7) is 4.88. The van der Waals surface area contributed by atoms with Gasteiger partial charge in [0.2, 0.25) is 0 Å². The van der Waals surface area contributed by atoms with Crippen LogP contribution < -0.4 is 0 Å². The Bertz CT molecular complexity index is 251. The molecule has 4 nitrogen and oxygen atoms in total. The number of nitrogens with zero attached hydrogens (tertiary/aromatic N) is 1. The lowest BCUT2D eigenvalue weighted by Gasteiger charge is -2.40. The van der Waals surface area contributed by atoms with Crippen molar-refractivity contribution in [2.75, 3.05) is 19.7 Å². The standard InChI is InChI=1S/C12H21NO3/c1-2-16-11-6-10(7-11)13-4-3-9(8-13)5-12(14)15/h9-11H,2-8H2,1H3,(H,14,15). The molecule has 0 amide bonds. The van der Waals surface area contributed by atoms with Gasteiger partial charge < -0.3 is 9.84 Å². The lowest BCUT2D eigenvalue weighted by molar-refractivity contribution is -0.138. The first-order valence-corrected chi connectivity index (χ1v) is 6.26. The Morgan fingerprint density at radius 1 is 1.50 bits per heavy atom. The van der Waals surface area contributed by atoms with E-state index in [9.17, 15) is 4.79 Å². The van der Waals surface area contributed by atoms with E-state index in [4.69, 9.17) is 9.84 Å². The van der Waals surface area contributed by atoms with Gasteiger partial charge in [0.15, 0.2) is 0 Å². The molecular weight excluding hydrogens is 206 g/mol. The van der Waals surface area contributed by atoms with E-state index in [1.807, 2.05) is 6.92 Å². The molecule has 1 atom stereocenters. The molecule has 0 aromatic rings. The summed E-state index contributed by atoms with van der Waals surface area (Å²) < 4.78 is 5.54. The second-order valence-corrected chi connectivity index (χ2v) is 4.95. The molecular formula is C12H21NO3. The van der Waals surface area contributed by atoms with Crippen LogP contribution >= 0.6 is 0 Å². The fraction of sp³-hybridized carbons (Fsp3) is 0.917. The normalized spacial score (nSPS) is 34.9. The molecule has 0 spiro atoms. The molecule has 2 aliphatic rings. The molecule has 92 valence electrons. The molecule has 0 radical (unpaired) electrons. The van der Waals surface area contributed by atoms with Crippen LogP contribution in [0, 0.1) is 5.92 Å². The maximum absolute atomic E-state index is 10.6. The van der Waals surface area contributed by atoms with Crippen molar-refractivity contribution >= 4 is 5.97 Å². The minimum atomic E-state index is -0.660. The average molecular weight is 227 g/mol. The molecule has 0 aromatic heterocycles. The molecule has 1 N–H and O–H groups in total. The van der Waals surface area contributed by atoms with Crippen LogP contribution in [0.1, 0.15) is 32.6 Å². The monoisotopic (exact) mass is 227 g/mol. The highest BCUT2D eigenvalue weighted by molar-refractivity contribution is 5.67. The second-order valence-electron chi connectivity index (χ2n) is 4.95. The lowest BCUT2D eigenvalue weighted by atomic mass is 9.88. The topological polar surface area (TPSA) is 49.8 Å². The van der Waals surface area contributed by atoms with Gasteiger partial charge in [0, 0.05) is 25.6 Å². The van der Waals surface area contributed by atoms with Gasteiger partial charge in [0.05, 0.1) is 6.10 Å². The Hall–Kier alpha value is -0.610. The molecule has 1 saturated heterocycles. The van der Waals surface area contributed by atoms with Crippen molar-refractivity contribution in [3.8, 4) is 0 Å². The summed E-state index contributed by atoms with van der Waals surface area (Å²) in [7, 11) is 0. The summed E-state index contributed by atoms with van der Waals surface area (Å²) in [4.78, 5) is 13.1. The third-order valence-electron chi connectivity index (χ3n) is 3.77. The van der Waals surface area contributed by atoms with Crippen LogP contribution in [-0.4, -0.2) is 47.8 Å². The van der Waals surface area contributed by atoms with Gasteiger partial charge in [0.25, 0.3) is 0 Å². The minimum Gasteiger partial charge on any atom is -0.481 e. The number of carboxylic acid groups (broad SMARTS) is 1. The zero-order valence-corrected chi connectivity index (χ0v) is 9.89. The SMILES string of the molecule is CCOC1CC(N2CCC(CC(=O)O)C2)C1. The smallest absolute Gasteiger partial charge is 0.303 e. The van der Waals surface area contributed by atoms with Crippen molar-refractivity contribution in [2.24, 2.45) is 5.92 Å². The van der Waals surface area contributed by atoms with Crippen LogP contribution in [0.3, 0.4) is 0 Å². The summed E-state index contributed by atoms with van der Waals surface area (Å²) in [5, 5.41) is 8.74. The van der Waals surface area contributed by atoms with Crippen molar-refractivity contribution in [2.45, 2.75) is 44.8 Å². The summed E-state index contributed by atoms with van der Waals surface area (Å²) in [5.41, 5.74) is 0. The van der Waals surface area contributed by atoms with Crippen molar-refractivity contribution in [1.29, 1.82) is 0 Å². The number of hydrogen-bond acceptors (Lipinski definition) is 3. The predicted octanol–water partition coefficient (Wildman–Crippen LogP) is 1.35. The van der Waals surface area contributed by atoms with Crippen molar-refractivity contribution in [3.63, 3.8) is 0 Å². The van der Waals surface area contributed by atoms with Crippen LogP contribution in [0.15, 0.2) is 0 Å². The van der Waals surface area contributed by atoms with Gasteiger partial charge in [-0.3, -0.25) is 9.69 Å². The molecule has 2 fully saturated rings. The molecule has 0 bridgehead atoms. The van der Waals surface area contributed by atoms with Gasteiger partial charge >= 0.3 is 5.97 Å².